The Morgan fingerprint density at radius 1 is 1.44 bits per heavy atom. The third-order valence-corrected chi connectivity index (χ3v) is 3.36. The molecule has 5 nitrogen and oxygen atoms in total. The predicted molar refractivity (Wildman–Crippen MR) is 72.2 cm³/mol. The molecular formula is C13H24N4O. The van der Waals surface area contributed by atoms with Crippen molar-refractivity contribution < 1.29 is 4.79 Å². The molecule has 5 heteroatoms. The van der Waals surface area contributed by atoms with Crippen LogP contribution in [0.5, 0.6) is 0 Å². The van der Waals surface area contributed by atoms with E-state index >= 15 is 0 Å². The Balaban J connectivity index is 2.65. The van der Waals surface area contributed by atoms with Gasteiger partial charge in [0.15, 0.2) is 0 Å². The molecule has 0 saturated heterocycles. The van der Waals surface area contributed by atoms with Gasteiger partial charge in [-0.3, -0.25) is 9.48 Å². The zero-order valence-electron chi connectivity index (χ0n) is 11.9. The fourth-order valence-electron chi connectivity index (χ4n) is 1.96. The smallest absolute Gasteiger partial charge is 0.224 e. The first-order valence-electron chi connectivity index (χ1n) is 6.36. The van der Waals surface area contributed by atoms with Gasteiger partial charge in [-0.15, -0.1) is 0 Å². The van der Waals surface area contributed by atoms with Crippen LogP contribution in [0.2, 0.25) is 0 Å². The van der Waals surface area contributed by atoms with Gasteiger partial charge in [0.05, 0.1) is 5.69 Å². The van der Waals surface area contributed by atoms with E-state index in [2.05, 4.69) is 10.4 Å². The minimum absolute atomic E-state index is 0.0178. The van der Waals surface area contributed by atoms with Crippen molar-refractivity contribution in [2.75, 3.05) is 6.54 Å². The van der Waals surface area contributed by atoms with Crippen LogP contribution in [0.3, 0.4) is 0 Å². The van der Waals surface area contributed by atoms with E-state index in [1.807, 2.05) is 39.4 Å². The summed E-state index contributed by atoms with van der Waals surface area (Å²) in [5.41, 5.74) is 8.88. The van der Waals surface area contributed by atoms with E-state index in [0.717, 1.165) is 17.8 Å². The summed E-state index contributed by atoms with van der Waals surface area (Å²) >= 11 is 0. The standard InChI is InChI=1S/C13H24N4O/c1-8(7-14)13(18)15-9(2)6-12-10(3)16-17(5)11(12)4/h8-9H,6-7,14H2,1-5H3,(H,15,18). The molecule has 1 amide bonds. The number of amides is 1. The normalized spacial score (nSPS) is 14.3. The summed E-state index contributed by atoms with van der Waals surface area (Å²) in [6.07, 6.45) is 0.800. The van der Waals surface area contributed by atoms with Gasteiger partial charge in [-0.1, -0.05) is 6.92 Å². The third kappa shape index (κ3) is 3.32. The van der Waals surface area contributed by atoms with Crippen LogP contribution in [0.15, 0.2) is 0 Å². The summed E-state index contributed by atoms with van der Waals surface area (Å²) in [7, 11) is 1.94. The minimum Gasteiger partial charge on any atom is -0.353 e. The number of nitrogens with one attached hydrogen (secondary N) is 1. The molecule has 0 spiro atoms. The summed E-state index contributed by atoms with van der Waals surface area (Å²) in [6.45, 7) is 8.27. The van der Waals surface area contributed by atoms with Crippen molar-refractivity contribution in [3.63, 3.8) is 0 Å². The maximum absolute atomic E-state index is 11.7. The highest BCUT2D eigenvalue weighted by Crippen LogP contribution is 2.14. The Kier molecular flexibility index (Phi) is 4.90. The fraction of sp³-hybridized carbons (Fsp3) is 0.692. The van der Waals surface area contributed by atoms with Gasteiger partial charge in [0.1, 0.15) is 0 Å². The van der Waals surface area contributed by atoms with E-state index in [1.54, 1.807) is 0 Å². The Bertz CT molecular complexity index is 425. The van der Waals surface area contributed by atoms with Crippen molar-refractivity contribution in [2.24, 2.45) is 18.7 Å². The van der Waals surface area contributed by atoms with Gasteiger partial charge in [0, 0.05) is 31.2 Å². The molecule has 0 aliphatic heterocycles. The van der Waals surface area contributed by atoms with Crippen molar-refractivity contribution in [3.8, 4) is 0 Å². The van der Waals surface area contributed by atoms with E-state index in [-0.39, 0.29) is 17.9 Å². The Labute approximate surface area is 109 Å². The lowest BCUT2D eigenvalue weighted by molar-refractivity contribution is -0.124. The van der Waals surface area contributed by atoms with Crippen molar-refractivity contribution in [1.82, 2.24) is 15.1 Å². The average Bonchev–Trinajstić information content (AvgIpc) is 2.54. The molecule has 0 aromatic carbocycles. The first kappa shape index (κ1) is 14.7. The molecule has 1 aromatic rings. The maximum Gasteiger partial charge on any atom is 0.224 e. The highest BCUT2D eigenvalue weighted by atomic mass is 16.1. The Morgan fingerprint density at radius 3 is 2.50 bits per heavy atom. The zero-order valence-corrected chi connectivity index (χ0v) is 11.9. The molecule has 18 heavy (non-hydrogen) atoms. The molecule has 2 atom stereocenters. The summed E-state index contributed by atoms with van der Waals surface area (Å²) in [5, 5.41) is 7.36. The third-order valence-electron chi connectivity index (χ3n) is 3.36. The van der Waals surface area contributed by atoms with E-state index in [0.29, 0.717) is 6.54 Å². The van der Waals surface area contributed by atoms with Gasteiger partial charge in [0.2, 0.25) is 5.91 Å². The average molecular weight is 252 g/mol. The maximum atomic E-state index is 11.7. The topological polar surface area (TPSA) is 72.9 Å². The summed E-state index contributed by atoms with van der Waals surface area (Å²) in [5.74, 6) is -0.118. The van der Waals surface area contributed by atoms with Crippen LogP contribution in [0.4, 0.5) is 0 Å². The van der Waals surface area contributed by atoms with Crippen molar-refractivity contribution >= 4 is 5.91 Å². The van der Waals surface area contributed by atoms with Crippen molar-refractivity contribution in [1.29, 1.82) is 0 Å². The lowest BCUT2D eigenvalue weighted by atomic mass is 10.0. The van der Waals surface area contributed by atoms with E-state index in [4.69, 9.17) is 5.73 Å². The summed E-state index contributed by atoms with van der Waals surface area (Å²) in [6, 6.07) is 0.0908. The van der Waals surface area contributed by atoms with E-state index in [1.165, 1.54) is 5.56 Å². The highest BCUT2D eigenvalue weighted by molar-refractivity contribution is 5.78. The Morgan fingerprint density at radius 2 is 2.06 bits per heavy atom. The van der Waals surface area contributed by atoms with E-state index < -0.39 is 0 Å². The van der Waals surface area contributed by atoms with Crippen LogP contribution in [0, 0.1) is 19.8 Å². The molecular weight excluding hydrogens is 228 g/mol. The monoisotopic (exact) mass is 252 g/mol. The fourth-order valence-corrected chi connectivity index (χ4v) is 1.96. The second-order valence-electron chi connectivity index (χ2n) is 5.02. The SMILES string of the molecule is Cc1nn(C)c(C)c1CC(C)NC(=O)C(C)CN. The molecule has 0 saturated carbocycles. The molecule has 1 heterocycles. The number of hydrogen-bond acceptors (Lipinski definition) is 3. The Hall–Kier alpha value is -1.36. The first-order valence-corrected chi connectivity index (χ1v) is 6.36. The van der Waals surface area contributed by atoms with Gasteiger partial charge in [0.25, 0.3) is 0 Å². The van der Waals surface area contributed by atoms with Crippen LogP contribution < -0.4 is 11.1 Å². The number of hydrogen-bond donors (Lipinski definition) is 2. The highest BCUT2D eigenvalue weighted by Gasteiger charge is 2.17. The second-order valence-corrected chi connectivity index (χ2v) is 5.02. The van der Waals surface area contributed by atoms with Gasteiger partial charge < -0.3 is 11.1 Å². The van der Waals surface area contributed by atoms with Crippen LogP contribution in [-0.2, 0) is 18.3 Å². The molecule has 0 aliphatic carbocycles. The molecule has 0 radical (unpaired) electrons. The van der Waals surface area contributed by atoms with Gasteiger partial charge in [-0.05, 0) is 32.8 Å². The lowest BCUT2D eigenvalue weighted by Crippen LogP contribution is -2.39. The summed E-state index contributed by atoms with van der Waals surface area (Å²) in [4.78, 5) is 11.7. The zero-order chi connectivity index (χ0) is 13.9. The van der Waals surface area contributed by atoms with Gasteiger partial charge >= 0.3 is 0 Å². The number of aromatic nitrogens is 2. The molecule has 1 aromatic heterocycles. The first-order chi connectivity index (χ1) is 8.36. The number of aryl methyl sites for hydroxylation is 2. The molecule has 102 valence electrons. The van der Waals surface area contributed by atoms with Crippen LogP contribution >= 0.6 is 0 Å². The number of carbonyl (C=O) groups is 1. The van der Waals surface area contributed by atoms with Gasteiger partial charge in [-0.25, -0.2) is 0 Å². The largest absolute Gasteiger partial charge is 0.353 e. The number of rotatable bonds is 5. The van der Waals surface area contributed by atoms with Crippen molar-refractivity contribution in [3.05, 3.63) is 17.0 Å². The predicted octanol–water partition coefficient (Wildman–Crippen LogP) is 0.679. The molecule has 0 aliphatic rings. The molecule has 2 unspecified atom stereocenters. The number of carbonyl (C=O) groups excluding carboxylic acids is 1. The van der Waals surface area contributed by atoms with Gasteiger partial charge in [-0.2, -0.15) is 5.10 Å². The molecule has 1 rings (SSSR count). The second kappa shape index (κ2) is 6.00. The van der Waals surface area contributed by atoms with Crippen LogP contribution in [0.25, 0.3) is 0 Å². The quantitative estimate of drug-likeness (QED) is 0.809. The lowest BCUT2D eigenvalue weighted by Gasteiger charge is -2.17. The minimum atomic E-state index is -0.136. The summed E-state index contributed by atoms with van der Waals surface area (Å²) < 4.78 is 1.88. The number of nitrogens with zero attached hydrogens (tertiary/aromatic N) is 2. The van der Waals surface area contributed by atoms with Crippen LogP contribution in [0.1, 0.15) is 30.8 Å². The molecule has 0 bridgehead atoms. The molecule has 3 N–H and O–H groups in total. The molecule has 0 fully saturated rings. The van der Waals surface area contributed by atoms with Crippen LogP contribution in [-0.4, -0.2) is 28.3 Å². The van der Waals surface area contributed by atoms with E-state index in [9.17, 15) is 4.79 Å². The number of nitrogens with two attached hydrogens (primary N) is 1. The van der Waals surface area contributed by atoms with Crippen molar-refractivity contribution in [2.45, 2.75) is 40.2 Å².